The third-order valence-corrected chi connectivity index (χ3v) is 3.60. The van der Waals surface area contributed by atoms with Crippen LogP contribution in [0.4, 0.5) is 10.5 Å². The summed E-state index contributed by atoms with van der Waals surface area (Å²) in [4.78, 5) is 13.6. The number of nitrogens with zero attached hydrogens (tertiary/aromatic N) is 1. The van der Waals surface area contributed by atoms with E-state index in [0.29, 0.717) is 5.02 Å². The summed E-state index contributed by atoms with van der Waals surface area (Å²) in [6.45, 7) is 0. The predicted octanol–water partition coefficient (Wildman–Crippen LogP) is 3.59. The molecule has 0 spiro atoms. The van der Waals surface area contributed by atoms with Gasteiger partial charge >= 0.3 is 6.03 Å². The molecule has 0 radical (unpaired) electrons. The van der Waals surface area contributed by atoms with Crippen LogP contribution in [0.1, 0.15) is 17.2 Å². The van der Waals surface area contributed by atoms with E-state index in [2.05, 4.69) is 5.32 Å². The molecule has 1 N–H and O–H groups in total. The Hall–Kier alpha value is -2.00. The maximum atomic E-state index is 12.0. The molecule has 0 bridgehead atoms. The van der Waals surface area contributed by atoms with E-state index in [1.54, 1.807) is 18.0 Å². The molecule has 0 aliphatic carbocycles. The number of hydrogen-bond donors (Lipinski definition) is 1. The minimum atomic E-state index is -0.154. The molecule has 0 aromatic heterocycles. The van der Waals surface area contributed by atoms with E-state index < -0.39 is 0 Å². The Kier molecular flexibility index (Phi) is 2.91. The summed E-state index contributed by atoms with van der Waals surface area (Å²) < 4.78 is 0. The molecule has 1 aliphatic rings. The molecule has 1 aliphatic heterocycles. The van der Waals surface area contributed by atoms with Crippen LogP contribution in [0, 0.1) is 0 Å². The lowest BCUT2D eigenvalue weighted by molar-refractivity contribution is 0.244. The number of carbonyl (C=O) groups excluding carboxylic acids is 1. The number of urea groups is 1. The van der Waals surface area contributed by atoms with Gasteiger partial charge in [-0.1, -0.05) is 41.9 Å². The summed E-state index contributed by atoms with van der Waals surface area (Å²) in [6, 6.07) is 15.2. The number of nitrogens with one attached hydrogen (secondary N) is 1. The van der Waals surface area contributed by atoms with Crippen molar-refractivity contribution in [3.8, 4) is 0 Å². The third kappa shape index (κ3) is 2.06. The Morgan fingerprint density at radius 3 is 2.63 bits per heavy atom. The summed E-state index contributed by atoms with van der Waals surface area (Å²) in [7, 11) is 1.75. The first kappa shape index (κ1) is 12.1. The van der Waals surface area contributed by atoms with Crippen LogP contribution in [0.5, 0.6) is 0 Å². The lowest BCUT2D eigenvalue weighted by Gasteiger charge is -2.33. The monoisotopic (exact) mass is 272 g/mol. The molecule has 1 unspecified atom stereocenters. The van der Waals surface area contributed by atoms with Crippen LogP contribution >= 0.6 is 11.6 Å². The highest BCUT2D eigenvalue weighted by atomic mass is 35.5. The normalized spacial score (nSPS) is 17.9. The molecule has 3 rings (SSSR count). The summed E-state index contributed by atoms with van der Waals surface area (Å²) in [5, 5.41) is 3.66. The van der Waals surface area contributed by atoms with E-state index in [-0.39, 0.29) is 12.1 Å². The zero-order chi connectivity index (χ0) is 13.4. The van der Waals surface area contributed by atoms with Crippen LogP contribution in [0.2, 0.25) is 5.02 Å². The van der Waals surface area contributed by atoms with E-state index in [4.69, 9.17) is 11.6 Å². The zero-order valence-electron chi connectivity index (χ0n) is 10.4. The fraction of sp³-hybridized carbons (Fsp3) is 0.133. The highest BCUT2D eigenvalue weighted by molar-refractivity contribution is 6.30. The second-order valence-corrected chi connectivity index (χ2v) is 4.99. The average Bonchev–Trinajstić information content (AvgIpc) is 2.43. The van der Waals surface area contributed by atoms with Crippen LogP contribution < -0.4 is 10.2 Å². The number of hydrogen-bond acceptors (Lipinski definition) is 1. The Balaban J connectivity index is 2.15. The van der Waals surface area contributed by atoms with Gasteiger partial charge in [0.2, 0.25) is 0 Å². The van der Waals surface area contributed by atoms with Crippen LogP contribution in [-0.4, -0.2) is 13.1 Å². The van der Waals surface area contributed by atoms with Crippen molar-refractivity contribution in [1.82, 2.24) is 5.32 Å². The van der Waals surface area contributed by atoms with Gasteiger partial charge in [0.05, 0.1) is 11.7 Å². The molecular formula is C15H13ClN2O. The molecule has 96 valence electrons. The summed E-state index contributed by atoms with van der Waals surface area (Å²) >= 11 is 6.08. The number of amides is 2. The van der Waals surface area contributed by atoms with E-state index >= 15 is 0 Å². The van der Waals surface area contributed by atoms with Crippen molar-refractivity contribution in [2.24, 2.45) is 0 Å². The summed E-state index contributed by atoms with van der Waals surface area (Å²) in [6.07, 6.45) is 0. The SMILES string of the molecule is CN1C(=O)NC(c2ccccc2)c2cc(Cl)ccc21. The van der Waals surface area contributed by atoms with Gasteiger partial charge in [0.1, 0.15) is 0 Å². The average molecular weight is 273 g/mol. The van der Waals surface area contributed by atoms with Gasteiger partial charge in [-0.05, 0) is 23.8 Å². The molecule has 2 aromatic rings. The Labute approximate surface area is 116 Å². The molecule has 4 heteroatoms. The Bertz CT molecular complexity index is 627. The van der Waals surface area contributed by atoms with Crippen LogP contribution in [0.3, 0.4) is 0 Å². The largest absolute Gasteiger partial charge is 0.327 e. The molecule has 0 saturated heterocycles. The van der Waals surface area contributed by atoms with Crippen molar-refractivity contribution in [3.05, 3.63) is 64.7 Å². The first-order valence-electron chi connectivity index (χ1n) is 6.05. The molecule has 1 atom stereocenters. The van der Waals surface area contributed by atoms with Gasteiger partial charge in [-0.25, -0.2) is 4.79 Å². The van der Waals surface area contributed by atoms with Gasteiger partial charge in [0.15, 0.2) is 0 Å². The highest BCUT2D eigenvalue weighted by Crippen LogP contribution is 2.35. The lowest BCUT2D eigenvalue weighted by Crippen LogP contribution is -2.44. The minimum absolute atomic E-state index is 0.108. The van der Waals surface area contributed by atoms with E-state index in [1.165, 1.54) is 0 Å². The maximum Gasteiger partial charge on any atom is 0.322 e. The lowest BCUT2D eigenvalue weighted by atomic mass is 9.95. The van der Waals surface area contributed by atoms with Crippen molar-refractivity contribution >= 4 is 23.3 Å². The highest BCUT2D eigenvalue weighted by Gasteiger charge is 2.29. The molecule has 19 heavy (non-hydrogen) atoms. The third-order valence-electron chi connectivity index (χ3n) is 3.37. The van der Waals surface area contributed by atoms with E-state index in [0.717, 1.165) is 16.8 Å². The van der Waals surface area contributed by atoms with Gasteiger partial charge in [-0.15, -0.1) is 0 Å². The first-order valence-corrected chi connectivity index (χ1v) is 6.43. The van der Waals surface area contributed by atoms with Crippen molar-refractivity contribution < 1.29 is 4.79 Å². The van der Waals surface area contributed by atoms with Crippen molar-refractivity contribution in [1.29, 1.82) is 0 Å². The van der Waals surface area contributed by atoms with Crippen molar-refractivity contribution in [3.63, 3.8) is 0 Å². The Morgan fingerprint density at radius 2 is 1.89 bits per heavy atom. The second kappa shape index (κ2) is 4.59. The fourth-order valence-electron chi connectivity index (χ4n) is 2.38. The van der Waals surface area contributed by atoms with Crippen LogP contribution in [-0.2, 0) is 0 Å². The Morgan fingerprint density at radius 1 is 1.16 bits per heavy atom. The fourth-order valence-corrected chi connectivity index (χ4v) is 2.56. The molecule has 1 heterocycles. The van der Waals surface area contributed by atoms with Gasteiger partial charge < -0.3 is 5.32 Å². The molecule has 2 aromatic carbocycles. The number of anilines is 1. The smallest absolute Gasteiger partial charge is 0.322 e. The van der Waals surface area contributed by atoms with Crippen molar-refractivity contribution in [2.45, 2.75) is 6.04 Å². The van der Waals surface area contributed by atoms with Crippen molar-refractivity contribution in [2.75, 3.05) is 11.9 Å². The summed E-state index contributed by atoms with van der Waals surface area (Å²) in [5.41, 5.74) is 2.95. The number of carbonyl (C=O) groups is 1. The quantitative estimate of drug-likeness (QED) is 0.845. The van der Waals surface area contributed by atoms with Gasteiger partial charge in [-0.3, -0.25) is 4.90 Å². The van der Waals surface area contributed by atoms with Crippen LogP contribution in [0.15, 0.2) is 48.5 Å². The first-order chi connectivity index (χ1) is 9.16. The zero-order valence-corrected chi connectivity index (χ0v) is 11.2. The molecule has 3 nitrogen and oxygen atoms in total. The minimum Gasteiger partial charge on any atom is -0.327 e. The molecule has 2 amide bonds. The number of rotatable bonds is 1. The number of benzene rings is 2. The van der Waals surface area contributed by atoms with Gasteiger partial charge in [-0.2, -0.15) is 0 Å². The van der Waals surface area contributed by atoms with E-state index in [1.807, 2.05) is 42.5 Å². The van der Waals surface area contributed by atoms with Gasteiger partial charge in [0, 0.05) is 17.6 Å². The topological polar surface area (TPSA) is 32.3 Å². The second-order valence-electron chi connectivity index (χ2n) is 4.56. The molecular weight excluding hydrogens is 260 g/mol. The predicted molar refractivity (Wildman–Crippen MR) is 76.7 cm³/mol. The molecule has 0 fully saturated rings. The standard InChI is InChI=1S/C15H13ClN2O/c1-18-13-8-7-11(16)9-12(13)14(17-15(18)19)10-5-3-2-4-6-10/h2-9,14H,1H3,(H,17,19). The van der Waals surface area contributed by atoms with Gasteiger partial charge in [0.25, 0.3) is 0 Å². The van der Waals surface area contributed by atoms with Crippen LogP contribution in [0.25, 0.3) is 0 Å². The van der Waals surface area contributed by atoms with E-state index in [9.17, 15) is 4.79 Å². The number of fused-ring (bicyclic) bond motifs is 1. The summed E-state index contributed by atoms with van der Waals surface area (Å²) in [5.74, 6) is 0. The molecule has 0 saturated carbocycles. The number of halogens is 1. The maximum absolute atomic E-state index is 12.0.